The zero-order chi connectivity index (χ0) is 17.7. The summed E-state index contributed by atoms with van der Waals surface area (Å²) in [7, 11) is 1.83. The molecule has 146 valence electrons. The lowest BCUT2D eigenvalue weighted by Gasteiger charge is -2.30. The number of ether oxygens (including phenoxy) is 2. The molecule has 2 N–H and O–H groups in total. The second-order valence-electron chi connectivity index (χ2n) is 7.46. The van der Waals surface area contributed by atoms with Crippen LogP contribution in [0, 0.1) is 11.8 Å². The van der Waals surface area contributed by atoms with Crippen LogP contribution in [0.3, 0.4) is 0 Å². The van der Waals surface area contributed by atoms with Gasteiger partial charge in [-0.15, -0.1) is 0 Å². The van der Waals surface area contributed by atoms with Crippen LogP contribution < -0.4 is 10.6 Å². The number of nitrogens with one attached hydrogen (secondary N) is 2. The SMILES string of the molecule is CN=C(NCCCOCC1CCOCC1)NCCN1CCCC(C)C1. The van der Waals surface area contributed by atoms with E-state index in [0.717, 1.165) is 77.2 Å². The van der Waals surface area contributed by atoms with Gasteiger partial charge in [-0.2, -0.15) is 0 Å². The first-order valence-corrected chi connectivity index (χ1v) is 10.1. The summed E-state index contributed by atoms with van der Waals surface area (Å²) in [6, 6.07) is 0. The fraction of sp³-hybridized carbons (Fsp3) is 0.947. The molecule has 2 heterocycles. The summed E-state index contributed by atoms with van der Waals surface area (Å²) in [5, 5.41) is 6.79. The van der Waals surface area contributed by atoms with Gasteiger partial charge in [0, 0.05) is 59.7 Å². The molecule has 2 saturated heterocycles. The van der Waals surface area contributed by atoms with Gasteiger partial charge in [-0.3, -0.25) is 4.99 Å². The van der Waals surface area contributed by atoms with Crippen molar-refractivity contribution >= 4 is 5.96 Å². The van der Waals surface area contributed by atoms with Gasteiger partial charge in [0.1, 0.15) is 0 Å². The van der Waals surface area contributed by atoms with E-state index >= 15 is 0 Å². The summed E-state index contributed by atoms with van der Waals surface area (Å²) >= 11 is 0. The van der Waals surface area contributed by atoms with E-state index in [-0.39, 0.29) is 0 Å². The molecule has 0 aromatic carbocycles. The number of hydrogen-bond donors (Lipinski definition) is 2. The number of guanidine groups is 1. The average Bonchev–Trinajstić information content (AvgIpc) is 2.64. The summed E-state index contributed by atoms with van der Waals surface area (Å²) in [6.07, 6.45) is 6.01. The van der Waals surface area contributed by atoms with Gasteiger partial charge in [0.15, 0.2) is 5.96 Å². The van der Waals surface area contributed by atoms with E-state index < -0.39 is 0 Å². The zero-order valence-corrected chi connectivity index (χ0v) is 16.3. The van der Waals surface area contributed by atoms with Crippen molar-refractivity contribution in [3.63, 3.8) is 0 Å². The Kier molecular flexibility index (Phi) is 10.2. The minimum absolute atomic E-state index is 0.689. The van der Waals surface area contributed by atoms with E-state index in [0.29, 0.717) is 5.92 Å². The number of piperidine rings is 1. The topological polar surface area (TPSA) is 58.1 Å². The molecule has 2 aliphatic heterocycles. The third-order valence-corrected chi connectivity index (χ3v) is 5.14. The molecular formula is C19H38N4O2. The maximum absolute atomic E-state index is 5.80. The Morgan fingerprint density at radius 1 is 1.20 bits per heavy atom. The van der Waals surface area contributed by atoms with Gasteiger partial charge in [-0.05, 0) is 50.5 Å². The van der Waals surface area contributed by atoms with Gasteiger partial charge in [0.2, 0.25) is 0 Å². The maximum atomic E-state index is 5.80. The third kappa shape index (κ3) is 8.88. The van der Waals surface area contributed by atoms with E-state index in [1.807, 2.05) is 7.05 Å². The second-order valence-corrected chi connectivity index (χ2v) is 7.46. The van der Waals surface area contributed by atoms with Crippen LogP contribution >= 0.6 is 0 Å². The molecule has 0 bridgehead atoms. The van der Waals surface area contributed by atoms with Gasteiger partial charge in [0.05, 0.1) is 0 Å². The molecule has 1 atom stereocenters. The zero-order valence-electron chi connectivity index (χ0n) is 16.3. The Labute approximate surface area is 153 Å². The van der Waals surface area contributed by atoms with Crippen molar-refractivity contribution in [3.8, 4) is 0 Å². The van der Waals surface area contributed by atoms with Crippen LogP contribution in [0.1, 0.15) is 39.0 Å². The van der Waals surface area contributed by atoms with Crippen molar-refractivity contribution in [1.29, 1.82) is 0 Å². The molecule has 6 nitrogen and oxygen atoms in total. The number of aliphatic imine (C=N–C) groups is 1. The molecule has 0 saturated carbocycles. The standard InChI is InChI=1S/C19H38N4O2/c1-17-5-3-10-23(15-17)11-9-22-19(20-2)21-8-4-12-25-16-18-6-13-24-14-7-18/h17-18H,3-16H2,1-2H3,(H2,20,21,22). The fourth-order valence-corrected chi connectivity index (χ4v) is 3.59. The summed E-state index contributed by atoms with van der Waals surface area (Å²) in [5.74, 6) is 2.43. The summed E-state index contributed by atoms with van der Waals surface area (Å²) in [5.41, 5.74) is 0. The van der Waals surface area contributed by atoms with E-state index in [1.54, 1.807) is 0 Å². The van der Waals surface area contributed by atoms with Crippen molar-refractivity contribution in [2.24, 2.45) is 16.8 Å². The molecule has 0 amide bonds. The molecule has 25 heavy (non-hydrogen) atoms. The Morgan fingerprint density at radius 2 is 2.00 bits per heavy atom. The number of rotatable bonds is 9. The Hall–Kier alpha value is -0.850. The molecule has 0 aromatic rings. The minimum atomic E-state index is 0.689. The van der Waals surface area contributed by atoms with E-state index in [2.05, 4.69) is 27.4 Å². The van der Waals surface area contributed by atoms with Crippen LogP contribution in [0.15, 0.2) is 4.99 Å². The van der Waals surface area contributed by atoms with Crippen molar-refractivity contribution in [2.75, 3.05) is 66.2 Å². The van der Waals surface area contributed by atoms with E-state index in [1.165, 1.54) is 25.9 Å². The summed E-state index contributed by atoms with van der Waals surface area (Å²) in [6.45, 7) is 11.3. The van der Waals surface area contributed by atoms with Crippen LogP contribution in [0.25, 0.3) is 0 Å². The van der Waals surface area contributed by atoms with Crippen LogP contribution in [-0.2, 0) is 9.47 Å². The quantitative estimate of drug-likeness (QED) is 0.375. The molecule has 6 heteroatoms. The molecule has 0 spiro atoms. The van der Waals surface area contributed by atoms with Crippen molar-refractivity contribution in [3.05, 3.63) is 0 Å². The highest BCUT2D eigenvalue weighted by Crippen LogP contribution is 2.15. The van der Waals surface area contributed by atoms with E-state index in [9.17, 15) is 0 Å². The molecule has 2 rings (SSSR count). The lowest BCUT2D eigenvalue weighted by atomic mass is 10.0. The Morgan fingerprint density at radius 3 is 2.76 bits per heavy atom. The number of likely N-dealkylation sites (tertiary alicyclic amines) is 1. The van der Waals surface area contributed by atoms with Gasteiger partial charge in [0.25, 0.3) is 0 Å². The average molecular weight is 355 g/mol. The molecule has 2 aliphatic rings. The van der Waals surface area contributed by atoms with Crippen molar-refractivity contribution in [1.82, 2.24) is 15.5 Å². The highest BCUT2D eigenvalue weighted by molar-refractivity contribution is 5.79. The van der Waals surface area contributed by atoms with E-state index in [4.69, 9.17) is 9.47 Å². The third-order valence-electron chi connectivity index (χ3n) is 5.14. The van der Waals surface area contributed by atoms with Gasteiger partial charge in [-0.1, -0.05) is 6.92 Å². The fourth-order valence-electron chi connectivity index (χ4n) is 3.59. The highest BCUT2D eigenvalue weighted by atomic mass is 16.5. The number of nitrogens with zero attached hydrogens (tertiary/aromatic N) is 2. The molecule has 1 unspecified atom stereocenters. The predicted octanol–water partition coefficient (Wildman–Crippen LogP) is 1.72. The summed E-state index contributed by atoms with van der Waals surface area (Å²) < 4.78 is 11.2. The predicted molar refractivity (Wildman–Crippen MR) is 103 cm³/mol. The molecule has 2 fully saturated rings. The van der Waals surface area contributed by atoms with Crippen molar-refractivity contribution < 1.29 is 9.47 Å². The lowest BCUT2D eigenvalue weighted by molar-refractivity contribution is 0.0203. The van der Waals surface area contributed by atoms with Gasteiger partial charge < -0.3 is 25.0 Å². The largest absolute Gasteiger partial charge is 0.381 e. The van der Waals surface area contributed by atoms with Gasteiger partial charge in [-0.25, -0.2) is 0 Å². The van der Waals surface area contributed by atoms with Crippen LogP contribution in [0.2, 0.25) is 0 Å². The van der Waals surface area contributed by atoms with Crippen LogP contribution in [-0.4, -0.2) is 77.1 Å². The maximum Gasteiger partial charge on any atom is 0.191 e. The normalized spacial score (nSPS) is 23.6. The first-order valence-electron chi connectivity index (χ1n) is 10.1. The molecule has 0 aromatic heterocycles. The van der Waals surface area contributed by atoms with Crippen LogP contribution in [0.4, 0.5) is 0 Å². The second kappa shape index (κ2) is 12.5. The highest BCUT2D eigenvalue weighted by Gasteiger charge is 2.15. The Bertz CT molecular complexity index is 372. The first-order chi connectivity index (χ1) is 12.3. The molecule has 0 radical (unpaired) electrons. The molecular weight excluding hydrogens is 316 g/mol. The smallest absolute Gasteiger partial charge is 0.191 e. The Balaban J connectivity index is 1.44. The monoisotopic (exact) mass is 354 g/mol. The number of hydrogen-bond acceptors (Lipinski definition) is 4. The summed E-state index contributed by atoms with van der Waals surface area (Å²) in [4.78, 5) is 6.85. The lowest BCUT2D eigenvalue weighted by Crippen LogP contribution is -2.44. The van der Waals surface area contributed by atoms with Crippen LogP contribution in [0.5, 0.6) is 0 Å². The van der Waals surface area contributed by atoms with Crippen molar-refractivity contribution in [2.45, 2.75) is 39.0 Å². The molecule has 0 aliphatic carbocycles. The first kappa shape index (κ1) is 20.5. The van der Waals surface area contributed by atoms with Gasteiger partial charge >= 0.3 is 0 Å². The minimum Gasteiger partial charge on any atom is -0.381 e.